The third kappa shape index (κ3) is 5.47. The monoisotopic (exact) mass is 464 g/mol. The van der Waals surface area contributed by atoms with E-state index < -0.39 is 33.9 Å². The van der Waals surface area contributed by atoms with E-state index in [0.717, 1.165) is 29.6 Å². The smallest absolute Gasteiger partial charge is 0.325 e. The number of benzene rings is 2. The lowest BCUT2D eigenvalue weighted by atomic mass is 10.0. The molecule has 1 heterocycles. The molecule has 3 aromatic rings. The van der Waals surface area contributed by atoms with Crippen molar-refractivity contribution in [2.24, 2.45) is 0 Å². The fourth-order valence-electron chi connectivity index (χ4n) is 2.92. The molecular weight excluding hydrogens is 445 g/mol. The van der Waals surface area contributed by atoms with Gasteiger partial charge in [-0.3, -0.25) is 19.5 Å². The van der Waals surface area contributed by atoms with Gasteiger partial charge in [-0.2, -0.15) is 13.2 Å². The van der Waals surface area contributed by atoms with Crippen molar-refractivity contribution in [2.45, 2.75) is 31.1 Å². The maximum Gasteiger partial charge on any atom is 0.418 e. The molecule has 0 aliphatic carbocycles. The molecule has 0 saturated carbocycles. The minimum atomic E-state index is -4.86. The lowest BCUT2D eigenvalue weighted by Crippen LogP contribution is -2.18. The fourth-order valence-corrected chi connectivity index (χ4v) is 3.69. The molecule has 1 amide bonds. The van der Waals surface area contributed by atoms with Crippen molar-refractivity contribution in [3.8, 4) is 5.69 Å². The highest BCUT2D eigenvalue weighted by molar-refractivity contribution is 7.99. The summed E-state index contributed by atoms with van der Waals surface area (Å²) in [5.74, 6) is -0.514. The maximum absolute atomic E-state index is 13.3. The molecule has 0 spiro atoms. The molecule has 32 heavy (non-hydrogen) atoms. The van der Waals surface area contributed by atoms with E-state index in [1.165, 1.54) is 5.56 Å². The standard InChI is InChI=1S/C21H19F3N4O3S/c1-13(2)14-3-5-15(6-4-14)27-10-9-25-20(27)32-12-19(29)26-18-8-7-16(28(30)31)11-17(18)21(22,23)24/h3-11,13H,12H2,1-2H3,(H,26,29). The first-order valence-corrected chi connectivity index (χ1v) is 10.5. The second-order valence-corrected chi connectivity index (χ2v) is 8.09. The number of carbonyl (C=O) groups excluding carboxylic acids is 1. The molecule has 0 fully saturated rings. The number of carbonyl (C=O) groups is 1. The zero-order chi connectivity index (χ0) is 23.5. The first-order chi connectivity index (χ1) is 15.1. The summed E-state index contributed by atoms with van der Waals surface area (Å²) in [5, 5.41) is 13.5. The highest BCUT2D eigenvalue weighted by Crippen LogP contribution is 2.37. The van der Waals surface area contributed by atoms with Gasteiger partial charge in [-0.25, -0.2) is 4.98 Å². The van der Waals surface area contributed by atoms with Crippen LogP contribution in [-0.2, 0) is 11.0 Å². The van der Waals surface area contributed by atoms with Crippen molar-refractivity contribution in [1.29, 1.82) is 0 Å². The van der Waals surface area contributed by atoms with Crippen LogP contribution in [0.15, 0.2) is 60.0 Å². The van der Waals surface area contributed by atoms with Crippen molar-refractivity contribution in [3.63, 3.8) is 0 Å². The van der Waals surface area contributed by atoms with E-state index in [2.05, 4.69) is 24.1 Å². The van der Waals surface area contributed by atoms with Gasteiger partial charge in [-0.15, -0.1) is 0 Å². The Morgan fingerprint density at radius 2 is 1.91 bits per heavy atom. The lowest BCUT2D eigenvalue weighted by Gasteiger charge is -2.14. The number of imidazole rings is 1. The molecule has 0 bridgehead atoms. The number of nitrogens with one attached hydrogen (secondary N) is 1. The van der Waals surface area contributed by atoms with E-state index in [4.69, 9.17) is 0 Å². The summed E-state index contributed by atoms with van der Waals surface area (Å²) in [6.07, 6.45) is -1.57. The van der Waals surface area contributed by atoms with Crippen LogP contribution >= 0.6 is 11.8 Å². The molecule has 168 valence electrons. The molecule has 0 atom stereocenters. The van der Waals surface area contributed by atoms with Crippen molar-refractivity contribution in [1.82, 2.24) is 9.55 Å². The van der Waals surface area contributed by atoms with E-state index in [1.807, 2.05) is 24.3 Å². The Hall–Kier alpha value is -3.34. The first-order valence-electron chi connectivity index (χ1n) is 9.48. The number of hydrogen-bond donors (Lipinski definition) is 1. The largest absolute Gasteiger partial charge is 0.418 e. The van der Waals surface area contributed by atoms with Gasteiger partial charge in [0, 0.05) is 30.2 Å². The Kier molecular flexibility index (Phi) is 6.87. The first kappa shape index (κ1) is 23.3. The number of non-ortho nitro benzene ring substituents is 1. The molecule has 0 aliphatic rings. The molecule has 7 nitrogen and oxygen atoms in total. The average molecular weight is 464 g/mol. The Bertz CT molecular complexity index is 1130. The molecule has 0 unspecified atom stereocenters. The highest BCUT2D eigenvalue weighted by atomic mass is 32.2. The molecule has 2 aromatic carbocycles. The second-order valence-electron chi connectivity index (χ2n) is 7.15. The average Bonchev–Trinajstić information content (AvgIpc) is 3.20. The van der Waals surface area contributed by atoms with Crippen LogP contribution in [0.2, 0.25) is 0 Å². The number of nitrogens with zero attached hydrogens (tertiary/aromatic N) is 3. The quantitative estimate of drug-likeness (QED) is 0.277. The number of amides is 1. The van der Waals surface area contributed by atoms with Crippen LogP contribution in [0.5, 0.6) is 0 Å². The molecular formula is C21H19F3N4O3S. The van der Waals surface area contributed by atoms with Crippen molar-refractivity contribution >= 4 is 29.0 Å². The second kappa shape index (κ2) is 9.43. The van der Waals surface area contributed by atoms with Gasteiger partial charge in [0.1, 0.15) is 0 Å². The van der Waals surface area contributed by atoms with Crippen LogP contribution in [0.3, 0.4) is 0 Å². The minimum Gasteiger partial charge on any atom is -0.325 e. The van der Waals surface area contributed by atoms with Gasteiger partial charge in [0.15, 0.2) is 5.16 Å². The number of alkyl halides is 3. The molecule has 0 saturated heterocycles. The van der Waals surface area contributed by atoms with Crippen LogP contribution in [0.4, 0.5) is 24.5 Å². The van der Waals surface area contributed by atoms with Crippen molar-refractivity contribution < 1.29 is 22.9 Å². The van der Waals surface area contributed by atoms with E-state index >= 15 is 0 Å². The summed E-state index contributed by atoms with van der Waals surface area (Å²) in [6, 6.07) is 10.0. The Morgan fingerprint density at radius 1 is 1.22 bits per heavy atom. The number of halogens is 3. The Morgan fingerprint density at radius 3 is 2.50 bits per heavy atom. The molecule has 1 N–H and O–H groups in total. The molecule has 11 heteroatoms. The molecule has 1 aromatic heterocycles. The number of rotatable bonds is 7. The number of aromatic nitrogens is 2. The SMILES string of the molecule is CC(C)c1ccc(-n2ccnc2SCC(=O)Nc2ccc([N+](=O)[O-])cc2C(F)(F)F)cc1. The van der Waals surface area contributed by atoms with Crippen LogP contribution < -0.4 is 5.32 Å². The number of hydrogen-bond acceptors (Lipinski definition) is 5. The van der Waals surface area contributed by atoms with Gasteiger partial charge in [0.05, 0.1) is 21.9 Å². The Labute approximate surface area is 185 Å². The van der Waals surface area contributed by atoms with Crippen LogP contribution in [0.1, 0.15) is 30.9 Å². The zero-order valence-electron chi connectivity index (χ0n) is 17.1. The highest BCUT2D eigenvalue weighted by Gasteiger charge is 2.35. The summed E-state index contributed by atoms with van der Waals surface area (Å²) in [5.41, 5.74) is -0.524. The summed E-state index contributed by atoms with van der Waals surface area (Å²) in [7, 11) is 0. The third-order valence-electron chi connectivity index (χ3n) is 4.57. The van der Waals surface area contributed by atoms with Crippen molar-refractivity contribution in [2.75, 3.05) is 11.1 Å². The van der Waals surface area contributed by atoms with E-state index in [1.54, 1.807) is 17.0 Å². The predicted molar refractivity (Wildman–Crippen MR) is 115 cm³/mol. The van der Waals surface area contributed by atoms with Gasteiger partial charge < -0.3 is 5.32 Å². The number of thioether (sulfide) groups is 1. The van der Waals surface area contributed by atoms with Crippen LogP contribution in [0, 0.1) is 10.1 Å². The maximum atomic E-state index is 13.3. The van der Waals surface area contributed by atoms with Gasteiger partial charge in [-0.05, 0) is 29.7 Å². The minimum absolute atomic E-state index is 0.199. The zero-order valence-corrected chi connectivity index (χ0v) is 17.9. The number of nitro groups is 1. The summed E-state index contributed by atoms with van der Waals surface area (Å²) in [4.78, 5) is 26.4. The topological polar surface area (TPSA) is 90.1 Å². The molecule has 3 rings (SSSR count). The van der Waals surface area contributed by atoms with Crippen LogP contribution in [-0.4, -0.2) is 26.1 Å². The molecule has 0 aliphatic heterocycles. The van der Waals surface area contributed by atoms with E-state index in [0.29, 0.717) is 17.1 Å². The number of nitro benzene ring substituents is 1. The van der Waals surface area contributed by atoms with Gasteiger partial charge in [-0.1, -0.05) is 37.7 Å². The van der Waals surface area contributed by atoms with E-state index in [-0.39, 0.29) is 5.75 Å². The Balaban J connectivity index is 1.72. The van der Waals surface area contributed by atoms with E-state index in [9.17, 15) is 28.1 Å². The van der Waals surface area contributed by atoms with Gasteiger partial charge in [0.2, 0.25) is 5.91 Å². The predicted octanol–water partition coefficient (Wildman–Crippen LogP) is 5.65. The normalized spacial score (nSPS) is 11.6. The summed E-state index contributed by atoms with van der Waals surface area (Å²) in [6.45, 7) is 4.17. The van der Waals surface area contributed by atoms with Crippen molar-refractivity contribution in [3.05, 3.63) is 76.1 Å². The van der Waals surface area contributed by atoms with Crippen LogP contribution in [0.25, 0.3) is 5.69 Å². The lowest BCUT2D eigenvalue weighted by molar-refractivity contribution is -0.385. The third-order valence-corrected chi connectivity index (χ3v) is 5.54. The number of anilines is 1. The summed E-state index contributed by atoms with van der Waals surface area (Å²) < 4.78 is 41.6. The fraction of sp³-hybridized carbons (Fsp3) is 0.238. The van der Waals surface area contributed by atoms with Gasteiger partial charge >= 0.3 is 6.18 Å². The summed E-state index contributed by atoms with van der Waals surface area (Å²) >= 11 is 1.06. The molecule has 0 radical (unpaired) electrons. The van der Waals surface area contributed by atoms with Gasteiger partial charge in [0.25, 0.3) is 5.69 Å².